The van der Waals surface area contributed by atoms with E-state index in [1.165, 1.54) is 57.4 Å². The minimum Gasteiger partial charge on any atom is -0.479 e. The van der Waals surface area contributed by atoms with E-state index in [9.17, 15) is 0 Å². The summed E-state index contributed by atoms with van der Waals surface area (Å²) in [7, 11) is -0.294. The van der Waals surface area contributed by atoms with Gasteiger partial charge in [-0.3, -0.25) is 0 Å². The molecule has 1 heterocycles. The highest BCUT2D eigenvalue weighted by Crippen LogP contribution is 2.19. The van der Waals surface area contributed by atoms with Crippen molar-refractivity contribution in [2.75, 3.05) is 13.3 Å². The Labute approximate surface area is 146 Å². The Morgan fingerprint density at radius 1 is 1.00 bits per heavy atom. The molecule has 0 aromatic rings. The van der Waals surface area contributed by atoms with Crippen LogP contribution in [0.3, 0.4) is 0 Å². The molecule has 0 radical (unpaired) electrons. The zero-order valence-corrected chi connectivity index (χ0v) is 17.2. The topological polar surface area (TPSA) is 21.7 Å². The molecule has 0 bridgehead atoms. The summed E-state index contributed by atoms with van der Waals surface area (Å²) >= 11 is 0. The van der Waals surface area contributed by atoms with Gasteiger partial charge in [-0.1, -0.05) is 58.8 Å². The van der Waals surface area contributed by atoms with Crippen molar-refractivity contribution in [1.82, 2.24) is 4.90 Å². The van der Waals surface area contributed by atoms with Crippen molar-refractivity contribution >= 4 is 9.76 Å². The first-order chi connectivity index (χ1) is 11.2. The maximum absolute atomic E-state index is 6.16. The molecule has 3 nitrogen and oxygen atoms in total. The smallest absolute Gasteiger partial charge is 0.162 e. The van der Waals surface area contributed by atoms with Gasteiger partial charge >= 0.3 is 0 Å². The Morgan fingerprint density at radius 2 is 1.61 bits per heavy atom. The van der Waals surface area contributed by atoms with Crippen molar-refractivity contribution in [3.8, 4) is 0 Å². The Balaban J connectivity index is 1.77. The van der Waals surface area contributed by atoms with Crippen LogP contribution < -0.4 is 0 Å². The number of ether oxygens (including phenoxy) is 1. The lowest BCUT2D eigenvalue weighted by atomic mass is 10.0. The maximum Gasteiger partial charge on any atom is 0.162 e. The zero-order valence-electron chi connectivity index (χ0n) is 15.8. The number of nitrogens with zero attached hydrogens (tertiary/aromatic N) is 1. The van der Waals surface area contributed by atoms with E-state index < -0.39 is 0 Å². The second-order valence-electron chi connectivity index (χ2n) is 7.08. The summed E-state index contributed by atoms with van der Waals surface area (Å²) in [6.07, 6.45) is 17.2. The van der Waals surface area contributed by atoms with Crippen LogP contribution in [0.4, 0.5) is 0 Å². The molecule has 136 valence electrons. The molecular formula is C19H39NO2Si. The summed E-state index contributed by atoms with van der Waals surface area (Å²) in [6, 6.07) is 1.36. The molecule has 0 atom stereocenters. The standard InChI is InChI=1S/C19H39NO2Si/c1-4-19(3,5-2)22-23-17-13-11-9-7-6-8-10-12-14-20-15-16-21-18-20/h15-16H,4-14,17-18,23H2,1-3H3. The van der Waals surface area contributed by atoms with Gasteiger partial charge in [0.1, 0.15) is 6.26 Å². The molecule has 0 aromatic heterocycles. The lowest BCUT2D eigenvalue weighted by molar-refractivity contribution is 0.0850. The van der Waals surface area contributed by atoms with Gasteiger partial charge in [0.2, 0.25) is 0 Å². The van der Waals surface area contributed by atoms with Gasteiger partial charge in [-0.15, -0.1) is 0 Å². The van der Waals surface area contributed by atoms with E-state index in [2.05, 4.69) is 31.9 Å². The van der Waals surface area contributed by atoms with Crippen LogP contribution in [0, 0.1) is 0 Å². The van der Waals surface area contributed by atoms with Gasteiger partial charge in [-0.2, -0.15) is 0 Å². The maximum atomic E-state index is 6.16. The lowest BCUT2D eigenvalue weighted by Crippen LogP contribution is -2.28. The summed E-state index contributed by atoms with van der Waals surface area (Å²) in [4.78, 5) is 2.24. The fourth-order valence-corrected chi connectivity index (χ4v) is 4.48. The number of hydrogen-bond acceptors (Lipinski definition) is 3. The Morgan fingerprint density at radius 3 is 2.17 bits per heavy atom. The summed E-state index contributed by atoms with van der Waals surface area (Å²) in [5.41, 5.74) is 0.170. The van der Waals surface area contributed by atoms with Gasteiger partial charge in [-0.25, -0.2) is 0 Å². The molecule has 1 rings (SSSR count). The van der Waals surface area contributed by atoms with E-state index in [0.717, 1.165) is 26.1 Å². The van der Waals surface area contributed by atoms with Crippen molar-refractivity contribution in [3.63, 3.8) is 0 Å². The highest BCUT2D eigenvalue weighted by Gasteiger charge is 2.18. The Bertz CT molecular complexity index is 306. The number of hydrogen-bond donors (Lipinski definition) is 0. The third-order valence-electron chi connectivity index (χ3n) is 5.14. The molecule has 0 aliphatic carbocycles. The molecule has 0 spiro atoms. The minimum atomic E-state index is -0.294. The van der Waals surface area contributed by atoms with Crippen LogP contribution in [0.25, 0.3) is 0 Å². The first kappa shape index (κ1) is 20.6. The average Bonchev–Trinajstić information content (AvgIpc) is 3.09. The first-order valence-electron chi connectivity index (χ1n) is 9.86. The molecule has 0 saturated heterocycles. The van der Waals surface area contributed by atoms with Crippen molar-refractivity contribution in [1.29, 1.82) is 0 Å². The third-order valence-corrected chi connectivity index (χ3v) is 6.83. The average molecular weight is 342 g/mol. The van der Waals surface area contributed by atoms with Crippen LogP contribution in [0.15, 0.2) is 12.5 Å². The number of unbranched alkanes of at least 4 members (excludes halogenated alkanes) is 7. The Hall–Kier alpha value is -0.483. The van der Waals surface area contributed by atoms with E-state index in [1.807, 2.05) is 0 Å². The van der Waals surface area contributed by atoms with Gasteiger partial charge in [0.05, 0.1) is 5.60 Å². The van der Waals surface area contributed by atoms with Crippen LogP contribution in [0.2, 0.25) is 6.04 Å². The molecule has 0 N–H and O–H groups in total. The SMILES string of the molecule is CCC(C)(CC)O[SiH2]CCCCCCCCCCN1C=COC1. The van der Waals surface area contributed by atoms with E-state index in [4.69, 9.17) is 9.16 Å². The summed E-state index contributed by atoms with van der Waals surface area (Å²) in [5, 5.41) is 0. The van der Waals surface area contributed by atoms with Gasteiger partial charge in [0, 0.05) is 12.7 Å². The normalized spacial score (nSPS) is 15.0. The van der Waals surface area contributed by atoms with Crippen molar-refractivity contribution in [2.45, 2.75) is 96.6 Å². The largest absolute Gasteiger partial charge is 0.479 e. The second kappa shape index (κ2) is 12.9. The predicted molar refractivity (Wildman–Crippen MR) is 102 cm³/mol. The Kier molecular flexibility index (Phi) is 11.5. The van der Waals surface area contributed by atoms with Crippen LogP contribution >= 0.6 is 0 Å². The molecule has 4 heteroatoms. The molecule has 1 aliphatic rings. The molecule has 0 fully saturated rings. The monoisotopic (exact) mass is 341 g/mol. The molecule has 0 amide bonds. The van der Waals surface area contributed by atoms with E-state index in [-0.39, 0.29) is 15.4 Å². The number of rotatable bonds is 15. The van der Waals surface area contributed by atoms with Gasteiger partial charge < -0.3 is 14.1 Å². The highest BCUT2D eigenvalue weighted by atomic mass is 28.2. The molecule has 0 unspecified atom stereocenters. The molecular weight excluding hydrogens is 302 g/mol. The van der Waals surface area contributed by atoms with Crippen LogP contribution in [-0.2, 0) is 9.16 Å². The predicted octanol–water partition coefficient (Wildman–Crippen LogP) is 4.97. The molecule has 0 saturated carbocycles. The molecule has 23 heavy (non-hydrogen) atoms. The zero-order chi connectivity index (χ0) is 16.8. The van der Waals surface area contributed by atoms with E-state index in [1.54, 1.807) is 6.26 Å². The molecule has 0 aromatic carbocycles. The quantitative estimate of drug-likeness (QED) is 0.310. The van der Waals surface area contributed by atoms with Crippen LogP contribution in [0.5, 0.6) is 0 Å². The third kappa shape index (κ3) is 10.1. The van der Waals surface area contributed by atoms with Crippen LogP contribution in [0.1, 0.15) is 85.0 Å². The van der Waals surface area contributed by atoms with Crippen LogP contribution in [-0.4, -0.2) is 33.5 Å². The fourth-order valence-electron chi connectivity index (χ4n) is 2.88. The van der Waals surface area contributed by atoms with Gasteiger partial charge in [0.15, 0.2) is 16.5 Å². The van der Waals surface area contributed by atoms with Crippen molar-refractivity contribution in [3.05, 3.63) is 12.5 Å². The van der Waals surface area contributed by atoms with E-state index >= 15 is 0 Å². The van der Waals surface area contributed by atoms with Gasteiger partial charge in [0.25, 0.3) is 0 Å². The van der Waals surface area contributed by atoms with Crippen molar-refractivity contribution < 1.29 is 9.16 Å². The summed E-state index contributed by atoms with van der Waals surface area (Å²) < 4.78 is 11.3. The lowest BCUT2D eigenvalue weighted by Gasteiger charge is -2.27. The first-order valence-corrected chi connectivity index (χ1v) is 11.4. The highest BCUT2D eigenvalue weighted by molar-refractivity contribution is 6.27. The second-order valence-corrected chi connectivity index (χ2v) is 8.48. The van der Waals surface area contributed by atoms with Crippen molar-refractivity contribution in [2.24, 2.45) is 0 Å². The fraction of sp³-hybridized carbons (Fsp3) is 0.895. The summed E-state index contributed by atoms with van der Waals surface area (Å²) in [6.45, 7) is 8.66. The minimum absolute atomic E-state index is 0.170. The summed E-state index contributed by atoms with van der Waals surface area (Å²) in [5.74, 6) is 0. The van der Waals surface area contributed by atoms with E-state index in [0.29, 0.717) is 0 Å². The van der Waals surface area contributed by atoms with Gasteiger partial charge in [-0.05, 0) is 32.2 Å². The molecule has 1 aliphatic heterocycles.